The van der Waals surface area contributed by atoms with Gasteiger partial charge in [0.2, 0.25) is 0 Å². The van der Waals surface area contributed by atoms with E-state index in [4.69, 9.17) is 0 Å². The predicted molar refractivity (Wildman–Crippen MR) is 71.7 cm³/mol. The van der Waals surface area contributed by atoms with Crippen molar-refractivity contribution in [3.63, 3.8) is 0 Å². The Hall–Kier alpha value is -1.57. The molecule has 0 aliphatic heterocycles. The fourth-order valence-electron chi connectivity index (χ4n) is 1.99. The molecule has 0 amide bonds. The first kappa shape index (κ1) is 11.9. The standard InChI is InChI=1S/C15H20N2/c1-11-6-7-12(2)17(11)14-9-8-13(10-16-14)15(3,4)5/h6-10H,1-5H3. The molecule has 2 rings (SSSR count). The number of hydrogen-bond donors (Lipinski definition) is 0. The van der Waals surface area contributed by atoms with Crippen LogP contribution in [0.15, 0.2) is 30.5 Å². The summed E-state index contributed by atoms with van der Waals surface area (Å²) in [5, 5.41) is 0. The van der Waals surface area contributed by atoms with E-state index in [0.717, 1.165) is 5.82 Å². The van der Waals surface area contributed by atoms with Crippen molar-refractivity contribution < 1.29 is 0 Å². The highest BCUT2D eigenvalue weighted by atomic mass is 15.1. The topological polar surface area (TPSA) is 17.8 Å². The maximum Gasteiger partial charge on any atom is 0.136 e. The molecule has 0 saturated heterocycles. The fourth-order valence-corrected chi connectivity index (χ4v) is 1.99. The highest BCUT2D eigenvalue weighted by molar-refractivity contribution is 5.34. The molecule has 0 aromatic carbocycles. The van der Waals surface area contributed by atoms with Crippen molar-refractivity contribution in [2.45, 2.75) is 40.0 Å². The first-order valence-corrected chi connectivity index (χ1v) is 6.01. The molecule has 90 valence electrons. The van der Waals surface area contributed by atoms with Crippen LogP contribution in [-0.4, -0.2) is 9.55 Å². The van der Waals surface area contributed by atoms with Crippen molar-refractivity contribution in [2.75, 3.05) is 0 Å². The van der Waals surface area contributed by atoms with Crippen LogP contribution in [0.4, 0.5) is 0 Å². The number of rotatable bonds is 1. The van der Waals surface area contributed by atoms with Crippen molar-refractivity contribution >= 4 is 0 Å². The van der Waals surface area contributed by atoms with E-state index in [1.165, 1.54) is 17.0 Å². The van der Waals surface area contributed by atoms with Crippen molar-refractivity contribution in [1.82, 2.24) is 9.55 Å². The molecule has 2 nitrogen and oxygen atoms in total. The summed E-state index contributed by atoms with van der Waals surface area (Å²) in [5.41, 5.74) is 3.87. The molecule has 2 aromatic rings. The third kappa shape index (κ3) is 2.26. The monoisotopic (exact) mass is 228 g/mol. The van der Waals surface area contributed by atoms with Crippen LogP contribution in [0.3, 0.4) is 0 Å². The molecule has 0 fully saturated rings. The van der Waals surface area contributed by atoms with Gasteiger partial charge in [-0.15, -0.1) is 0 Å². The molecular formula is C15H20N2. The maximum absolute atomic E-state index is 4.57. The average Bonchev–Trinajstić information content (AvgIpc) is 2.58. The summed E-state index contributed by atoms with van der Waals surface area (Å²) in [6, 6.07) is 8.51. The van der Waals surface area contributed by atoms with Crippen LogP contribution < -0.4 is 0 Å². The molecule has 0 N–H and O–H groups in total. The molecule has 0 spiro atoms. The van der Waals surface area contributed by atoms with E-state index in [0.29, 0.717) is 0 Å². The van der Waals surface area contributed by atoms with E-state index in [1.54, 1.807) is 0 Å². The highest BCUT2D eigenvalue weighted by Gasteiger charge is 2.14. The summed E-state index contributed by atoms with van der Waals surface area (Å²) in [6.07, 6.45) is 1.98. The Morgan fingerprint density at radius 1 is 0.941 bits per heavy atom. The molecule has 2 heterocycles. The van der Waals surface area contributed by atoms with Crippen molar-refractivity contribution in [1.29, 1.82) is 0 Å². The SMILES string of the molecule is Cc1ccc(C)n1-c1ccc(C(C)(C)C)cn1. The van der Waals surface area contributed by atoms with Gasteiger partial charge in [0.15, 0.2) is 0 Å². The van der Waals surface area contributed by atoms with Crippen LogP contribution in [0.2, 0.25) is 0 Å². The highest BCUT2D eigenvalue weighted by Crippen LogP contribution is 2.22. The van der Waals surface area contributed by atoms with Crippen LogP contribution in [-0.2, 0) is 5.41 Å². The second-order valence-corrected chi connectivity index (χ2v) is 5.61. The van der Waals surface area contributed by atoms with Gasteiger partial charge >= 0.3 is 0 Å². The van der Waals surface area contributed by atoms with E-state index in [9.17, 15) is 0 Å². The molecular weight excluding hydrogens is 208 g/mol. The lowest BCUT2D eigenvalue weighted by Gasteiger charge is -2.19. The van der Waals surface area contributed by atoms with Gasteiger partial charge in [0.05, 0.1) is 0 Å². The Morgan fingerprint density at radius 2 is 1.53 bits per heavy atom. The van der Waals surface area contributed by atoms with E-state index >= 15 is 0 Å². The van der Waals surface area contributed by atoms with Gasteiger partial charge in [0, 0.05) is 17.6 Å². The third-order valence-electron chi connectivity index (χ3n) is 3.11. The van der Waals surface area contributed by atoms with Crippen LogP contribution in [0.5, 0.6) is 0 Å². The number of nitrogens with zero attached hydrogens (tertiary/aromatic N) is 2. The zero-order valence-corrected chi connectivity index (χ0v) is 11.3. The van der Waals surface area contributed by atoms with Gasteiger partial charge in [0.1, 0.15) is 5.82 Å². The summed E-state index contributed by atoms with van der Waals surface area (Å²) < 4.78 is 2.17. The first-order valence-electron chi connectivity index (χ1n) is 6.01. The molecule has 2 aromatic heterocycles. The molecule has 0 aliphatic carbocycles. The first-order chi connectivity index (χ1) is 7.89. The zero-order valence-electron chi connectivity index (χ0n) is 11.3. The molecule has 0 bridgehead atoms. The number of hydrogen-bond acceptors (Lipinski definition) is 1. The molecule has 0 aliphatic rings. The van der Waals surface area contributed by atoms with E-state index < -0.39 is 0 Å². The predicted octanol–water partition coefficient (Wildman–Crippen LogP) is 3.79. The number of pyridine rings is 1. The van der Waals surface area contributed by atoms with Crippen LogP contribution in [0.1, 0.15) is 37.7 Å². The van der Waals surface area contributed by atoms with Gasteiger partial charge < -0.3 is 4.57 Å². The minimum absolute atomic E-state index is 0.159. The average molecular weight is 228 g/mol. The van der Waals surface area contributed by atoms with Crippen molar-refractivity contribution in [2.24, 2.45) is 0 Å². The summed E-state index contributed by atoms with van der Waals surface area (Å²) in [7, 11) is 0. The van der Waals surface area contributed by atoms with Gasteiger partial charge in [-0.25, -0.2) is 4.98 Å². The van der Waals surface area contributed by atoms with Crippen molar-refractivity contribution in [3.8, 4) is 5.82 Å². The normalized spacial score (nSPS) is 11.8. The maximum atomic E-state index is 4.57. The van der Waals surface area contributed by atoms with Gasteiger partial charge in [-0.3, -0.25) is 0 Å². The summed E-state index contributed by atoms with van der Waals surface area (Å²) >= 11 is 0. The molecule has 0 saturated carbocycles. The lowest BCUT2D eigenvalue weighted by atomic mass is 9.88. The molecule has 0 atom stereocenters. The zero-order chi connectivity index (χ0) is 12.6. The lowest BCUT2D eigenvalue weighted by molar-refractivity contribution is 0.587. The quantitative estimate of drug-likeness (QED) is 0.726. The van der Waals surface area contributed by atoms with E-state index in [2.05, 4.69) is 68.4 Å². The number of aryl methyl sites for hydroxylation is 2. The van der Waals surface area contributed by atoms with Gasteiger partial charge in [-0.2, -0.15) is 0 Å². The van der Waals surface area contributed by atoms with Crippen LogP contribution in [0.25, 0.3) is 5.82 Å². The Balaban J connectivity index is 2.43. The molecule has 17 heavy (non-hydrogen) atoms. The Morgan fingerprint density at radius 3 is 1.94 bits per heavy atom. The number of aromatic nitrogens is 2. The van der Waals surface area contributed by atoms with Gasteiger partial charge in [-0.05, 0) is 43.0 Å². The Labute approximate surface area is 103 Å². The summed E-state index contributed by atoms with van der Waals surface area (Å²) in [6.45, 7) is 10.8. The molecule has 0 radical (unpaired) electrons. The minimum Gasteiger partial charge on any atom is -0.303 e. The van der Waals surface area contributed by atoms with Crippen LogP contribution >= 0.6 is 0 Å². The van der Waals surface area contributed by atoms with E-state index in [1.807, 2.05) is 6.20 Å². The Bertz CT molecular complexity index is 493. The second kappa shape index (κ2) is 4.02. The third-order valence-corrected chi connectivity index (χ3v) is 3.11. The smallest absolute Gasteiger partial charge is 0.136 e. The molecule has 2 heteroatoms. The van der Waals surface area contributed by atoms with Crippen molar-refractivity contribution in [3.05, 3.63) is 47.4 Å². The largest absolute Gasteiger partial charge is 0.303 e. The lowest BCUT2D eigenvalue weighted by Crippen LogP contribution is -2.12. The fraction of sp³-hybridized carbons (Fsp3) is 0.400. The van der Waals surface area contributed by atoms with E-state index in [-0.39, 0.29) is 5.41 Å². The van der Waals surface area contributed by atoms with Crippen LogP contribution in [0, 0.1) is 13.8 Å². The van der Waals surface area contributed by atoms with Gasteiger partial charge in [0.25, 0.3) is 0 Å². The minimum atomic E-state index is 0.159. The Kier molecular flexibility index (Phi) is 2.82. The second-order valence-electron chi connectivity index (χ2n) is 5.61. The summed E-state index contributed by atoms with van der Waals surface area (Å²) in [5.74, 6) is 0.998. The summed E-state index contributed by atoms with van der Waals surface area (Å²) in [4.78, 5) is 4.57. The molecule has 0 unspecified atom stereocenters. The van der Waals surface area contributed by atoms with Gasteiger partial charge in [-0.1, -0.05) is 26.8 Å².